The predicted octanol–water partition coefficient (Wildman–Crippen LogP) is 2.25. The summed E-state index contributed by atoms with van der Waals surface area (Å²) in [5, 5.41) is 3.66. The number of terminal acetylenes is 1. The van der Waals surface area contributed by atoms with E-state index in [2.05, 4.69) is 17.3 Å². The van der Waals surface area contributed by atoms with Crippen molar-refractivity contribution in [2.24, 2.45) is 5.16 Å². The van der Waals surface area contributed by atoms with Gasteiger partial charge in [-0.15, -0.1) is 12.3 Å². The molecule has 0 fully saturated rings. The summed E-state index contributed by atoms with van der Waals surface area (Å²) in [6.45, 7) is 2.47. The highest BCUT2D eigenvalue weighted by atomic mass is 16.6. The Bertz CT molecular complexity index is 332. The number of aryl methyl sites for hydroxylation is 1. The Balaban J connectivity index is 2.37. The van der Waals surface area contributed by atoms with Crippen molar-refractivity contribution in [1.82, 2.24) is 0 Å². The van der Waals surface area contributed by atoms with Gasteiger partial charge in [0.25, 0.3) is 0 Å². The van der Waals surface area contributed by atoms with Crippen molar-refractivity contribution in [3.8, 4) is 12.3 Å². The van der Waals surface area contributed by atoms with Gasteiger partial charge in [-0.25, -0.2) is 0 Å². The van der Waals surface area contributed by atoms with Crippen LogP contribution < -0.4 is 0 Å². The Morgan fingerprint density at radius 3 is 2.71 bits per heavy atom. The fourth-order valence-electron chi connectivity index (χ4n) is 0.863. The maximum absolute atomic E-state index is 5.05. The summed E-state index contributed by atoms with van der Waals surface area (Å²) in [4.78, 5) is 4.88. The molecule has 1 radical (unpaired) electrons. The summed E-state index contributed by atoms with van der Waals surface area (Å²) in [5.74, 6) is 2.46. The number of hydrogen-bond donors (Lipinski definition) is 0. The zero-order valence-corrected chi connectivity index (χ0v) is 8.16. The molecule has 0 heterocycles. The first-order valence-electron chi connectivity index (χ1n) is 4.41. The molecule has 71 valence electrons. The predicted molar refractivity (Wildman–Crippen MR) is 57.1 cm³/mol. The Morgan fingerprint density at radius 2 is 2.07 bits per heavy atom. The van der Waals surface area contributed by atoms with Crippen LogP contribution in [0.3, 0.4) is 0 Å². The van der Waals surface area contributed by atoms with Gasteiger partial charge >= 0.3 is 0 Å². The zero-order valence-electron chi connectivity index (χ0n) is 8.16. The largest absolute Gasteiger partial charge is 0.394 e. The quantitative estimate of drug-likeness (QED) is 0.306. The van der Waals surface area contributed by atoms with E-state index in [4.69, 9.17) is 11.3 Å². The van der Waals surface area contributed by atoms with E-state index < -0.39 is 0 Å². The summed E-state index contributed by atoms with van der Waals surface area (Å²) in [6.07, 6.45) is 8.38. The van der Waals surface area contributed by atoms with Gasteiger partial charge in [-0.3, -0.25) is 0 Å². The fourth-order valence-corrected chi connectivity index (χ4v) is 0.863. The summed E-state index contributed by atoms with van der Waals surface area (Å²) in [5.41, 5.74) is 2.11. The smallest absolute Gasteiger partial charge is 0.139 e. The standard InChI is InChI=1S/C12H12NO/c1-3-4-9-14-13-10-12-7-5-11(2)6-8-12/h1,5-8H,4,9H2,2H3. The average Bonchev–Trinajstić information content (AvgIpc) is 2.21. The molecule has 0 saturated carbocycles. The molecule has 0 unspecified atom stereocenters. The van der Waals surface area contributed by atoms with Crippen molar-refractivity contribution in [3.05, 3.63) is 35.4 Å². The number of hydrogen-bond acceptors (Lipinski definition) is 2. The van der Waals surface area contributed by atoms with Crippen LogP contribution in [0.15, 0.2) is 29.4 Å². The third kappa shape index (κ3) is 3.77. The first-order valence-corrected chi connectivity index (χ1v) is 4.41. The van der Waals surface area contributed by atoms with Crippen LogP contribution >= 0.6 is 0 Å². The highest BCUT2D eigenvalue weighted by molar-refractivity contribution is 5.79. The van der Waals surface area contributed by atoms with E-state index in [1.807, 2.05) is 31.2 Å². The molecular formula is C12H12NO. The maximum atomic E-state index is 5.05. The zero-order chi connectivity index (χ0) is 10.2. The molecule has 1 rings (SSSR count). The lowest BCUT2D eigenvalue weighted by Gasteiger charge is -1.94. The molecule has 2 heteroatoms. The van der Waals surface area contributed by atoms with Crippen molar-refractivity contribution in [2.45, 2.75) is 13.3 Å². The van der Waals surface area contributed by atoms with Gasteiger partial charge < -0.3 is 4.84 Å². The van der Waals surface area contributed by atoms with E-state index >= 15 is 0 Å². The van der Waals surface area contributed by atoms with Gasteiger partial charge in [0.15, 0.2) is 0 Å². The molecule has 0 saturated heterocycles. The Hall–Kier alpha value is -1.75. The third-order valence-electron chi connectivity index (χ3n) is 1.63. The van der Waals surface area contributed by atoms with E-state index in [-0.39, 0.29) is 0 Å². The topological polar surface area (TPSA) is 21.6 Å². The second-order valence-corrected chi connectivity index (χ2v) is 2.86. The third-order valence-corrected chi connectivity index (χ3v) is 1.63. The lowest BCUT2D eigenvalue weighted by atomic mass is 10.2. The fraction of sp³-hybridized carbons (Fsp3) is 0.250. The van der Waals surface area contributed by atoms with Gasteiger partial charge in [-0.1, -0.05) is 35.0 Å². The van der Waals surface area contributed by atoms with Crippen molar-refractivity contribution in [2.75, 3.05) is 6.61 Å². The van der Waals surface area contributed by atoms with Crippen LogP contribution in [0.4, 0.5) is 0 Å². The van der Waals surface area contributed by atoms with Crippen molar-refractivity contribution >= 4 is 6.21 Å². The van der Waals surface area contributed by atoms with Gasteiger partial charge in [0, 0.05) is 12.0 Å². The van der Waals surface area contributed by atoms with Crippen LogP contribution in [0.1, 0.15) is 17.5 Å². The minimum absolute atomic E-state index is 0.440. The van der Waals surface area contributed by atoms with E-state index in [0.717, 1.165) is 5.56 Å². The molecule has 0 spiro atoms. The molecule has 0 aliphatic heterocycles. The van der Waals surface area contributed by atoms with Crippen molar-refractivity contribution < 1.29 is 4.84 Å². The van der Waals surface area contributed by atoms with Crippen LogP contribution in [-0.4, -0.2) is 12.8 Å². The maximum Gasteiger partial charge on any atom is 0.139 e. The molecule has 0 N–H and O–H groups in total. The molecule has 0 amide bonds. The molecule has 14 heavy (non-hydrogen) atoms. The summed E-state index contributed by atoms with van der Waals surface area (Å²) < 4.78 is 0. The Morgan fingerprint density at radius 1 is 1.36 bits per heavy atom. The summed E-state index contributed by atoms with van der Waals surface area (Å²) in [6, 6.07) is 7.87. The molecule has 0 aromatic heterocycles. The molecule has 0 atom stereocenters. The van der Waals surface area contributed by atoms with Gasteiger partial charge in [-0.05, 0) is 6.92 Å². The van der Waals surface area contributed by atoms with Crippen LogP contribution in [0.5, 0.6) is 0 Å². The van der Waals surface area contributed by atoms with E-state index in [1.54, 1.807) is 0 Å². The number of benzene rings is 1. The number of rotatable bonds is 4. The molecule has 0 bridgehead atoms. The van der Waals surface area contributed by atoms with Gasteiger partial charge in [0.2, 0.25) is 0 Å². The Labute approximate surface area is 84.6 Å². The normalized spacial score (nSPS) is 10.0. The summed E-state index contributed by atoms with van der Waals surface area (Å²) >= 11 is 0. The first kappa shape index (κ1) is 10.3. The van der Waals surface area contributed by atoms with Gasteiger partial charge in [0.05, 0.1) is 0 Å². The lowest BCUT2D eigenvalue weighted by Crippen LogP contribution is -1.87. The van der Waals surface area contributed by atoms with Crippen LogP contribution in [0.2, 0.25) is 0 Å². The molecule has 1 aromatic rings. The highest BCUT2D eigenvalue weighted by Gasteiger charge is 1.88. The number of nitrogens with zero attached hydrogens (tertiary/aromatic N) is 1. The van der Waals surface area contributed by atoms with Gasteiger partial charge in [0.1, 0.15) is 12.8 Å². The van der Waals surface area contributed by atoms with Crippen molar-refractivity contribution in [1.29, 1.82) is 0 Å². The second kappa shape index (κ2) is 5.82. The van der Waals surface area contributed by atoms with E-state index in [1.165, 1.54) is 5.56 Å². The average molecular weight is 186 g/mol. The lowest BCUT2D eigenvalue weighted by molar-refractivity contribution is 0.152. The molecular weight excluding hydrogens is 174 g/mol. The summed E-state index contributed by atoms with van der Waals surface area (Å²) in [7, 11) is 0. The van der Waals surface area contributed by atoms with Gasteiger partial charge in [-0.2, -0.15) is 0 Å². The van der Waals surface area contributed by atoms with Crippen LogP contribution in [-0.2, 0) is 4.84 Å². The highest BCUT2D eigenvalue weighted by Crippen LogP contribution is 2.00. The molecule has 2 nitrogen and oxygen atoms in total. The van der Waals surface area contributed by atoms with Crippen LogP contribution in [0, 0.1) is 19.3 Å². The van der Waals surface area contributed by atoms with Crippen molar-refractivity contribution in [3.63, 3.8) is 0 Å². The van der Waals surface area contributed by atoms with E-state index in [0.29, 0.717) is 13.0 Å². The first-order chi connectivity index (χ1) is 6.83. The molecule has 1 aromatic carbocycles. The van der Waals surface area contributed by atoms with Crippen LogP contribution in [0.25, 0.3) is 0 Å². The molecule has 0 aliphatic carbocycles. The van der Waals surface area contributed by atoms with E-state index in [9.17, 15) is 0 Å². The SMILES string of the molecule is C#CCCON=[C]c1ccc(C)cc1. The monoisotopic (exact) mass is 186 g/mol. The molecule has 0 aliphatic rings. The minimum Gasteiger partial charge on any atom is -0.394 e. The Kier molecular flexibility index (Phi) is 4.30. The second-order valence-electron chi connectivity index (χ2n) is 2.86. The minimum atomic E-state index is 0.440.